The van der Waals surface area contributed by atoms with E-state index in [4.69, 9.17) is 15.2 Å². The van der Waals surface area contributed by atoms with Gasteiger partial charge in [-0.15, -0.1) is 0 Å². The summed E-state index contributed by atoms with van der Waals surface area (Å²) in [5.41, 5.74) is 6.31. The fourth-order valence-corrected chi connectivity index (χ4v) is 2.43. The second-order valence-corrected chi connectivity index (χ2v) is 5.02. The molecule has 1 aromatic carbocycles. The predicted octanol–water partition coefficient (Wildman–Crippen LogP) is 0.692. The first-order valence-electron chi connectivity index (χ1n) is 6.66. The molecule has 1 aliphatic heterocycles. The average molecular weight is 297 g/mol. The molecule has 2 atom stereocenters. The van der Waals surface area contributed by atoms with Gasteiger partial charge in [0.1, 0.15) is 5.82 Å². The summed E-state index contributed by atoms with van der Waals surface area (Å²) in [5.74, 6) is -0.696. The van der Waals surface area contributed by atoms with Crippen LogP contribution in [0.3, 0.4) is 0 Å². The summed E-state index contributed by atoms with van der Waals surface area (Å²) < 4.78 is 23.8. The summed E-state index contributed by atoms with van der Waals surface area (Å²) in [6.07, 6.45) is -0.107. The summed E-state index contributed by atoms with van der Waals surface area (Å²) in [6.45, 7) is 1.40. The number of nitrogens with one attached hydrogen (secondary N) is 1. The third-order valence-corrected chi connectivity index (χ3v) is 3.55. The van der Waals surface area contributed by atoms with Gasteiger partial charge in [-0.2, -0.15) is 0 Å². The van der Waals surface area contributed by atoms with Crippen LogP contribution < -0.4 is 11.1 Å². The maximum atomic E-state index is 13.1. The second-order valence-electron chi connectivity index (χ2n) is 5.02. The monoisotopic (exact) mass is 297 g/mol. The number of methoxy groups -OCH3 is 2. The lowest BCUT2D eigenvalue weighted by atomic mass is 10.2. The highest BCUT2D eigenvalue weighted by Crippen LogP contribution is 2.20. The van der Waals surface area contributed by atoms with Crippen molar-refractivity contribution in [1.82, 2.24) is 4.90 Å². The molecule has 7 heteroatoms. The molecule has 0 aromatic heterocycles. The van der Waals surface area contributed by atoms with Crippen molar-refractivity contribution in [1.29, 1.82) is 0 Å². The van der Waals surface area contributed by atoms with Gasteiger partial charge in [0.05, 0.1) is 30.1 Å². The quantitative estimate of drug-likeness (QED) is 0.782. The van der Waals surface area contributed by atoms with E-state index < -0.39 is 5.82 Å². The van der Waals surface area contributed by atoms with Crippen molar-refractivity contribution in [3.63, 3.8) is 0 Å². The minimum absolute atomic E-state index is 0.0537. The Balaban J connectivity index is 1.92. The van der Waals surface area contributed by atoms with E-state index in [1.165, 1.54) is 18.2 Å². The Labute approximate surface area is 123 Å². The van der Waals surface area contributed by atoms with Gasteiger partial charge in [-0.05, 0) is 18.2 Å². The van der Waals surface area contributed by atoms with Gasteiger partial charge in [-0.1, -0.05) is 0 Å². The summed E-state index contributed by atoms with van der Waals surface area (Å²) in [5, 5.41) is 2.62. The number of nitrogen functional groups attached to an aromatic ring is 1. The number of likely N-dealkylation sites (tertiary alicyclic amines) is 1. The normalized spacial score (nSPS) is 22.4. The fraction of sp³-hybridized carbons (Fsp3) is 0.500. The minimum atomic E-state index is -0.445. The summed E-state index contributed by atoms with van der Waals surface area (Å²) in [7, 11) is 3.24. The van der Waals surface area contributed by atoms with Gasteiger partial charge in [0.15, 0.2) is 0 Å². The lowest BCUT2D eigenvalue weighted by Crippen LogP contribution is -2.32. The van der Waals surface area contributed by atoms with E-state index >= 15 is 0 Å². The molecular weight excluding hydrogens is 277 g/mol. The molecule has 0 spiro atoms. The Bertz CT molecular complexity index is 500. The number of halogens is 1. The number of carbonyl (C=O) groups excluding carboxylic acids is 1. The van der Waals surface area contributed by atoms with E-state index in [1.807, 2.05) is 4.90 Å². The number of hydrogen-bond acceptors (Lipinski definition) is 5. The van der Waals surface area contributed by atoms with Crippen molar-refractivity contribution in [2.24, 2.45) is 0 Å². The van der Waals surface area contributed by atoms with Gasteiger partial charge in [-0.3, -0.25) is 9.69 Å². The first-order chi connectivity index (χ1) is 10.0. The molecule has 0 bridgehead atoms. The molecule has 0 saturated carbocycles. The summed E-state index contributed by atoms with van der Waals surface area (Å²) in [4.78, 5) is 13.9. The van der Waals surface area contributed by atoms with Gasteiger partial charge in [0.25, 0.3) is 0 Å². The number of rotatable bonds is 5. The molecule has 116 valence electrons. The lowest BCUT2D eigenvalue weighted by molar-refractivity contribution is -0.117. The first-order valence-corrected chi connectivity index (χ1v) is 6.66. The van der Waals surface area contributed by atoms with Crippen LogP contribution in [-0.4, -0.2) is 56.9 Å². The number of benzene rings is 1. The molecule has 1 amide bonds. The van der Waals surface area contributed by atoms with Gasteiger partial charge in [0, 0.05) is 27.3 Å². The molecule has 21 heavy (non-hydrogen) atoms. The van der Waals surface area contributed by atoms with Crippen LogP contribution in [0.1, 0.15) is 0 Å². The second kappa shape index (κ2) is 6.84. The van der Waals surface area contributed by atoms with Crippen LogP contribution in [0.5, 0.6) is 0 Å². The molecular formula is C14H20FN3O3. The van der Waals surface area contributed by atoms with Crippen LogP contribution in [0, 0.1) is 5.82 Å². The van der Waals surface area contributed by atoms with Crippen molar-refractivity contribution < 1.29 is 18.7 Å². The van der Waals surface area contributed by atoms with Gasteiger partial charge >= 0.3 is 0 Å². The summed E-state index contributed by atoms with van der Waals surface area (Å²) in [6, 6.07) is 3.87. The molecule has 0 aliphatic carbocycles. The van der Waals surface area contributed by atoms with Crippen LogP contribution in [0.2, 0.25) is 0 Å². The molecule has 1 aromatic rings. The average Bonchev–Trinajstić information content (AvgIpc) is 2.84. The van der Waals surface area contributed by atoms with Crippen LogP contribution in [0.25, 0.3) is 0 Å². The Morgan fingerprint density at radius 1 is 1.38 bits per heavy atom. The van der Waals surface area contributed by atoms with E-state index in [0.29, 0.717) is 18.8 Å². The highest BCUT2D eigenvalue weighted by atomic mass is 19.1. The van der Waals surface area contributed by atoms with Crippen LogP contribution in [0.15, 0.2) is 18.2 Å². The van der Waals surface area contributed by atoms with Gasteiger partial charge in [-0.25, -0.2) is 4.39 Å². The number of carbonyl (C=O) groups is 1. The Morgan fingerprint density at radius 2 is 2.00 bits per heavy atom. The van der Waals surface area contributed by atoms with Crippen LogP contribution in [-0.2, 0) is 14.3 Å². The Kier molecular flexibility index (Phi) is 5.11. The minimum Gasteiger partial charge on any atom is -0.397 e. The van der Waals surface area contributed by atoms with Crippen LogP contribution in [0.4, 0.5) is 15.8 Å². The van der Waals surface area contributed by atoms with Crippen molar-refractivity contribution in [2.75, 3.05) is 44.9 Å². The van der Waals surface area contributed by atoms with Crippen LogP contribution >= 0.6 is 0 Å². The number of nitrogens with zero attached hydrogens (tertiary/aromatic N) is 1. The van der Waals surface area contributed by atoms with E-state index in [0.717, 1.165) is 0 Å². The zero-order valence-corrected chi connectivity index (χ0v) is 12.1. The fourth-order valence-electron chi connectivity index (χ4n) is 2.43. The molecule has 1 aliphatic rings. The predicted molar refractivity (Wildman–Crippen MR) is 77.5 cm³/mol. The standard InChI is InChI=1S/C14H20FN3O3/c1-20-12-6-18(7-13(12)21-2)8-14(19)17-11-5-9(15)3-4-10(11)16/h3-5,12-13H,6-8,16H2,1-2H3,(H,17,19). The smallest absolute Gasteiger partial charge is 0.238 e. The van der Waals surface area contributed by atoms with Crippen molar-refractivity contribution in [3.8, 4) is 0 Å². The molecule has 1 heterocycles. The Hall–Kier alpha value is -1.70. The molecule has 1 saturated heterocycles. The topological polar surface area (TPSA) is 76.8 Å². The molecule has 1 fully saturated rings. The molecule has 3 N–H and O–H groups in total. The third-order valence-electron chi connectivity index (χ3n) is 3.55. The van der Waals surface area contributed by atoms with Crippen molar-refractivity contribution in [2.45, 2.75) is 12.2 Å². The van der Waals surface area contributed by atoms with Gasteiger partial charge in [0.2, 0.25) is 5.91 Å². The van der Waals surface area contributed by atoms with Crippen molar-refractivity contribution >= 4 is 17.3 Å². The number of hydrogen-bond donors (Lipinski definition) is 2. The zero-order chi connectivity index (χ0) is 15.4. The molecule has 0 radical (unpaired) electrons. The maximum Gasteiger partial charge on any atom is 0.238 e. The van der Waals surface area contributed by atoms with E-state index in [-0.39, 0.29) is 30.3 Å². The summed E-state index contributed by atoms with van der Waals surface area (Å²) >= 11 is 0. The SMILES string of the molecule is COC1CN(CC(=O)Nc2cc(F)ccc2N)CC1OC. The number of anilines is 2. The molecule has 2 rings (SSSR count). The molecule has 2 unspecified atom stereocenters. The number of nitrogens with two attached hydrogens (primary N) is 1. The number of ether oxygens (including phenoxy) is 2. The Morgan fingerprint density at radius 3 is 2.57 bits per heavy atom. The largest absolute Gasteiger partial charge is 0.397 e. The highest BCUT2D eigenvalue weighted by Gasteiger charge is 2.33. The zero-order valence-electron chi connectivity index (χ0n) is 12.1. The van der Waals surface area contributed by atoms with E-state index in [9.17, 15) is 9.18 Å². The number of amides is 1. The third kappa shape index (κ3) is 3.90. The first kappa shape index (κ1) is 15.7. The van der Waals surface area contributed by atoms with Crippen molar-refractivity contribution in [3.05, 3.63) is 24.0 Å². The maximum absolute atomic E-state index is 13.1. The van der Waals surface area contributed by atoms with Gasteiger partial charge < -0.3 is 20.5 Å². The molecule has 6 nitrogen and oxygen atoms in total. The van der Waals surface area contributed by atoms with E-state index in [2.05, 4.69) is 5.32 Å². The lowest BCUT2D eigenvalue weighted by Gasteiger charge is -2.15. The van der Waals surface area contributed by atoms with E-state index in [1.54, 1.807) is 14.2 Å². The highest BCUT2D eigenvalue weighted by molar-refractivity contribution is 5.95.